The van der Waals surface area contributed by atoms with Gasteiger partial charge in [-0.15, -0.1) is 10.2 Å². The molecular formula is C28H17N3O. The third-order valence-corrected chi connectivity index (χ3v) is 6.08. The fourth-order valence-electron chi connectivity index (χ4n) is 4.55. The van der Waals surface area contributed by atoms with Gasteiger partial charge in [0.05, 0.1) is 5.69 Å². The molecule has 0 atom stereocenters. The van der Waals surface area contributed by atoms with Gasteiger partial charge in [0, 0.05) is 16.2 Å². The Labute approximate surface area is 183 Å². The van der Waals surface area contributed by atoms with E-state index in [1.807, 2.05) is 48.5 Å². The zero-order valence-corrected chi connectivity index (χ0v) is 17.1. The number of hydrogen-bond acceptors (Lipinski definition) is 3. The summed E-state index contributed by atoms with van der Waals surface area (Å²) in [5.41, 5.74) is 6.80. The van der Waals surface area contributed by atoms with Crippen molar-refractivity contribution in [1.29, 1.82) is 0 Å². The molecule has 0 radical (unpaired) electrons. The molecular weight excluding hydrogens is 394 g/mol. The quantitative estimate of drug-likeness (QED) is 0.304. The molecule has 0 saturated carbocycles. The molecule has 4 heteroatoms. The molecule has 0 aliphatic carbocycles. The van der Waals surface area contributed by atoms with Gasteiger partial charge < -0.3 is 4.42 Å². The van der Waals surface area contributed by atoms with Crippen molar-refractivity contribution in [1.82, 2.24) is 15.0 Å². The normalized spacial score (nSPS) is 11.8. The van der Waals surface area contributed by atoms with E-state index in [2.05, 4.69) is 59.7 Å². The molecule has 150 valence electrons. The van der Waals surface area contributed by atoms with Crippen LogP contribution in [0.15, 0.2) is 108 Å². The summed E-state index contributed by atoms with van der Waals surface area (Å²) in [5.74, 6) is 0. The summed E-state index contributed by atoms with van der Waals surface area (Å²) in [5, 5.41) is 13.9. The van der Waals surface area contributed by atoms with E-state index in [-0.39, 0.29) is 0 Å². The number of aromatic nitrogens is 3. The standard InChI is InChI=1S/C28H17N3O/c1-2-7-19(8-3-1)31-29-25-16-13-18(17-26(25)30-31)20-10-6-11-23-21(20)14-15-24-22-9-4-5-12-27(22)32-28(23)24/h1-17H. The Morgan fingerprint density at radius 1 is 0.562 bits per heavy atom. The minimum atomic E-state index is 0.869. The molecule has 0 unspecified atom stereocenters. The second-order valence-electron chi connectivity index (χ2n) is 7.97. The summed E-state index contributed by atoms with van der Waals surface area (Å²) in [7, 11) is 0. The number of fused-ring (bicyclic) bond motifs is 6. The van der Waals surface area contributed by atoms with Crippen molar-refractivity contribution in [3.63, 3.8) is 0 Å². The van der Waals surface area contributed by atoms with Crippen molar-refractivity contribution in [3.8, 4) is 16.8 Å². The summed E-state index contributed by atoms with van der Waals surface area (Å²) in [6.07, 6.45) is 0. The zero-order chi connectivity index (χ0) is 21.1. The van der Waals surface area contributed by atoms with Gasteiger partial charge in [0.1, 0.15) is 22.2 Å². The van der Waals surface area contributed by atoms with Crippen molar-refractivity contribution in [2.45, 2.75) is 0 Å². The molecule has 5 aromatic carbocycles. The van der Waals surface area contributed by atoms with Crippen LogP contribution < -0.4 is 0 Å². The molecule has 0 aliphatic heterocycles. The van der Waals surface area contributed by atoms with Crippen LogP contribution in [0.4, 0.5) is 0 Å². The van der Waals surface area contributed by atoms with Crippen LogP contribution in [0.2, 0.25) is 0 Å². The molecule has 0 aliphatic rings. The van der Waals surface area contributed by atoms with Crippen molar-refractivity contribution in [3.05, 3.63) is 103 Å². The number of hydrogen-bond donors (Lipinski definition) is 0. The molecule has 0 amide bonds. The predicted octanol–water partition coefficient (Wildman–Crippen LogP) is 7.14. The Morgan fingerprint density at radius 3 is 2.25 bits per heavy atom. The molecule has 2 aromatic heterocycles. The SMILES string of the molecule is c1ccc(-n2nc3ccc(-c4cccc5c4ccc4c6ccccc6oc54)cc3n2)cc1. The maximum Gasteiger partial charge on any atom is 0.143 e. The fourth-order valence-corrected chi connectivity index (χ4v) is 4.55. The molecule has 0 saturated heterocycles. The van der Waals surface area contributed by atoms with Gasteiger partial charge in [-0.1, -0.05) is 66.7 Å². The highest BCUT2D eigenvalue weighted by atomic mass is 16.3. The summed E-state index contributed by atoms with van der Waals surface area (Å²) in [4.78, 5) is 1.69. The van der Waals surface area contributed by atoms with Gasteiger partial charge in [-0.3, -0.25) is 0 Å². The van der Waals surface area contributed by atoms with E-state index in [4.69, 9.17) is 9.52 Å². The van der Waals surface area contributed by atoms with Crippen molar-refractivity contribution < 1.29 is 4.42 Å². The van der Waals surface area contributed by atoms with Gasteiger partial charge in [-0.2, -0.15) is 4.80 Å². The average Bonchev–Trinajstić information content (AvgIpc) is 3.45. The topological polar surface area (TPSA) is 43.9 Å². The Hall–Kier alpha value is -4.44. The summed E-state index contributed by atoms with van der Waals surface area (Å²) in [6, 6.07) is 35.2. The molecule has 2 heterocycles. The molecule has 0 bridgehead atoms. The molecule has 0 spiro atoms. The maximum atomic E-state index is 6.25. The summed E-state index contributed by atoms with van der Waals surface area (Å²) < 4.78 is 6.25. The van der Waals surface area contributed by atoms with Crippen molar-refractivity contribution in [2.24, 2.45) is 0 Å². The summed E-state index contributed by atoms with van der Waals surface area (Å²) >= 11 is 0. The smallest absolute Gasteiger partial charge is 0.143 e. The van der Waals surface area contributed by atoms with E-state index in [9.17, 15) is 0 Å². The first-order valence-corrected chi connectivity index (χ1v) is 10.6. The number of para-hydroxylation sites is 2. The summed E-state index contributed by atoms with van der Waals surface area (Å²) in [6.45, 7) is 0. The predicted molar refractivity (Wildman–Crippen MR) is 129 cm³/mol. The van der Waals surface area contributed by atoms with Crippen LogP contribution in [-0.2, 0) is 0 Å². The van der Waals surface area contributed by atoms with Crippen molar-refractivity contribution in [2.75, 3.05) is 0 Å². The lowest BCUT2D eigenvalue weighted by Crippen LogP contribution is -1.97. The number of nitrogens with zero attached hydrogens (tertiary/aromatic N) is 3. The zero-order valence-electron chi connectivity index (χ0n) is 17.1. The second-order valence-corrected chi connectivity index (χ2v) is 7.97. The maximum absolute atomic E-state index is 6.25. The fraction of sp³-hybridized carbons (Fsp3) is 0. The van der Waals surface area contributed by atoms with Gasteiger partial charge >= 0.3 is 0 Å². The molecule has 32 heavy (non-hydrogen) atoms. The van der Waals surface area contributed by atoms with Gasteiger partial charge in [-0.25, -0.2) is 0 Å². The second kappa shape index (κ2) is 6.53. The first-order valence-electron chi connectivity index (χ1n) is 10.6. The molecule has 7 rings (SSSR count). The first-order chi connectivity index (χ1) is 15.8. The minimum Gasteiger partial charge on any atom is -0.455 e. The Bertz CT molecular complexity index is 1780. The monoisotopic (exact) mass is 411 g/mol. The Kier molecular flexibility index (Phi) is 3.52. The van der Waals surface area contributed by atoms with E-state index >= 15 is 0 Å². The molecule has 0 N–H and O–H groups in total. The third-order valence-electron chi connectivity index (χ3n) is 6.08. The van der Waals surface area contributed by atoms with Crippen molar-refractivity contribution >= 4 is 43.7 Å². The van der Waals surface area contributed by atoms with Gasteiger partial charge in [-0.05, 0) is 52.9 Å². The van der Waals surface area contributed by atoms with Crippen LogP contribution in [0.1, 0.15) is 0 Å². The lowest BCUT2D eigenvalue weighted by molar-refractivity contribution is 0.672. The van der Waals surface area contributed by atoms with Crippen LogP contribution in [0.5, 0.6) is 0 Å². The van der Waals surface area contributed by atoms with Crippen LogP contribution in [0.25, 0.3) is 60.6 Å². The van der Waals surface area contributed by atoms with Gasteiger partial charge in [0.2, 0.25) is 0 Å². The van der Waals surface area contributed by atoms with Crippen LogP contribution >= 0.6 is 0 Å². The Balaban J connectivity index is 1.43. The lowest BCUT2D eigenvalue weighted by Gasteiger charge is -2.07. The largest absolute Gasteiger partial charge is 0.455 e. The first kappa shape index (κ1) is 17.3. The van der Waals surface area contributed by atoms with Crippen LogP contribution in [-0.4, -0.2) is 15.0 Å². The van der Waals surface area contributed by atoms with Gasteiger partial charge in [0.15, 0.2) is 0 Å². The van der Waals surface area contributed by atoms with E-state index in [1.54, 1.807) is 4.80 Å². The minimum absolute atomic E-state index is 0.869. The molecule has 7 aromatic rings. The van der Waals surface area contributed by atoms with E-state index in [0.717, 1.165) is 60.6 Å². The highest BCUT2D eigenvalue weighted by molar-refractivity contribution is 6.17. The highest BCUT2D eigenvalue weighted by Gasteiger charge is 2.13. The Morgan fingerprint density at radius 2 is 1.31 bits per heavy atom. The van der Waals surface area contributed by atoms with E-state index in [0.29, 0.717) is 0 Å². The highest BCUT2D eigenvalue weighted by Crippen LogP contribution is 2.38. The van der Waals surface area contributed by atoms with Crippen LogP contribution in [0, 0.1) is 0 Å². The lowest BCUT2D eigenvalue weighted by atomic mass is 9.96. The molecule has 0 fully saturated rings. The van der Waals surface area contributed by atoms with Gasteiger partial charge in [0.25, 0.3) is 0 Å². The third kappa shape index (κ3) is 2.50. The number of benzene rings is 5. The van der Waals surface area contributed by atoms with E-state index in [1.165, 1.54) is 0 Å². The molecule has 4 nitrogen and oxygen atoms in total. The number of furan rings is 1. The number of rotatable bonds is 2. The average molecular weight is 411 g/mol. The van der Waals surface area contributed by atoms with E-state index < -0.39 is 0 Å². The van der Waals surface area contributed by atoms with Crippen LogP contribution in [0.3, 0.4) is 0 Å².